The Balaban J connectivity index is 1.18. The van der Waals surface area contributed by atoms with Crippen LogP contribution in [0.25, 0.3) is 33.4 Å². The van der Waals surface area contributed by atoms with E-state index in [1.165, 1.54) is 14.2 Å². The summed E-state index contributed by atoms with van der Waals surface area (Å²) in [6, 6.07) is 25.5. The Labute approximate surface area is 523 Å². The van der Waals surface area contributed by atoms with Crippen molar-refractivity contribution < 1.29 is 65.9 Å². The lowest BCUT2D eigenvalue weighted by Gasteiger charge is -2.26. The van der Waals surface area contributed by atoms with Gasteiger partial charge >= 0.3 is 17.9 Å². The zero-order valence-electron chi connectivity index (χ0n) is 52.7. The molecule has 20 nitrogen and oxygen atoms in total. The molecule has 21 heteroatoms. The van der Waals surface area contributed by atoms with Crippen molar-refractivity contribution in [2.75, 3.05) is 147 Å². The number of nitrogens with zero attached hydrogens (tertiary/aromatic N) is 6. The minimum Gasteiger partial charge on any atom is -0.491 e. The summed E-state index contributed by atoms with van der Waals surface area (Å²) >= 11 is 3.88. The molecule has 0 saturated carbocycles. The van der Waals surface area contributed by atoms with E-state index in [1.807, 2.05) is 76.2 Å². The third kappa shape index (κ3) is 20.3. The maximum absolute atomic E-state index is 13.4. The summed E-state index contributed by atoms with van der Waals surface area (Å²) in [5.74, 6) is -0.329. The van der Waals surface area contributed by atoms with E-state index >= 15 is 0 Å². The second-order valence-electron chi connectivity index (χ2n) is 21.7. The van der Waals surface area contributed by atoms with Gasteiger partial charge in [-0.25, -0.2) is 29.3 Å². The minimum absolute atomic E-state index is 0.153. The van der Waals surface area contributed by atoms with Crippen molar-refractivity contribution >= 4 is 30.8 Å². The predicted octanol–water partition coefficient (Wildman–Crippen LogP) is 9.23. The number of methoxy groups -OCH3 is 4. The Bertz CT molecular complexity index is 3050. The van der Waals surface area contributed by atoms with Crippen LogP contribution < -0.4 is 9.47 Å². The molecule has 0 aliphatic carbocycles. The molecule has 0 spiro atoms. The Hall–Kier alpha value is -6.89. The SMILES string of the molecule is COCCOCCOCCOc1cc(C)c(-c2cc(CN3CCN(Cc4cc(-c5c(C)cc(OCCOCCOCCOC)cc5C)cc(C(=O)OC)n4)CCN(Cc4cc(-c5c(C)cccc5C)cc(C(=O)OS)n4)CC3)nc(C(=O)OC)c2)c(C)c1. The molecule has 0 bridgehead atoms. The highest BCUT2D eigenvalue weighted by Crippen LogP contribution is 2.35. The largest absolute Gasteiger partial charge is 0.491 e. The van der Waals surface area contributed by atoms with Crippen LogP contribution in [0.4, 0.5) is 0 Å². The fourth-order valence-corrected chi connectivity index (χ4v) is 11.0. The first kappa shape index (κ1) is 68.6. The van der Waals surface area contributed by atoms with E-state index in [0.29, 0.717) is 167 Å². The highest BCUT2D eigenvalue weighted by Gasteiger charge is 2.24. The van der Waals surface area contributed by atoms with Crippen molar-refractivity contribution in [2.24, 2.45) is 0 Å². The van der Waals surface area contributed by atoms with Crippen LogP contribution in [0.5, 0.6) is 11.5 Å². The number of benzene rings is 3. The first-order chi connectivity index (χ1) is 42.6. The molecular weight excluding hydrogens is 1140 g/mol. The van der Waals surface area contributed by atoms with Crippen LogP contribution in [0.1, 0.15) is 81.9 Å². The molecule has 1 fully saturated rings. The van der Waals surface area contributed by atoms with Crippen LogP contribution in [-0.4, -0.2) is 195 Å². The number of carbonyl (C=O) groups excluding carboxylic acids is 3. The summed E-state index contributed by atoms with van der Waals surface area (Å²) in [6.45, 7) is 22.5. The molecule has 4 heterocycles. The lowest BCUT2D eigenvalue weighted by molar-refractivity contribution is 0.0179. The fraction of sp³-hybridized carbons (Fsp3) is 0.463. The summed E-state index contributed by atoms with van der Waals surface area (Å²) in [5.41, 5.74) is 14.0. The lowest BCUT2D eigenvalue weighted by atomic mass is 9.94. The van der Waals surface area contributed by atoms with E-state index in [0.717, 1.165) is 66.8 Å². The maximum atomic E-state index is 13.4. The van der Waals surface area contributed by atoms with Gasteiger partial charge < -0.3 is 51.6 Å². The van der Waals surface area contributed by atoms with Gasteiger partial charge in [0.25, 0.3) is 0 Å². The highest BCUT2D eigenvalue weighted by molar-refractivity contribution is 7.75. The van der Waals surface area contributed by atoms with E-state index in [9.17, 15) is 14.4 Å². The lowest BCUT2D eigenvalue weighted by Crippen LogP contribution is -2.36. The summed E-state index contributed by atoms with van der Waals surface area (Å²) in [5, 5.41) is 0. The monoisotopic (exact) mass is 1230 g/mol. The predicted molar refractivity (Wildman–Crippen MR) is 338 cm³/mol. The molecule has 0 unspecified atom stereocenters. The Morgan fingerprint density at radius 2 is 0.693 bits per heavy atom. The molecular formula is C67H86N6O14S. The van der Waals surface area contributed by atoms with Gasteiger partial charge in [-0.3, -0.25) is 14.7 Å². The number of carbonyl (C=O) groups is 3. The Kier molecular flexibility index (Phi) is 27.5. The zero-order chi connectivity index (χ0) is 63.0. The van der Waals surface area contributed by atoms with Crippen LogP contribution >= 0.6 is 12.9 Å². The summed E-state index contributed by atoms with van der Waals surface area (Å²) in [7, 11) is 5.99. The van der Waals surface area contributed by atoms with Crippen molar-refractivity contribution in [3.05, 3.63) is 146 Å². The number of rotatable bonds is 32. The zero-order valence-corrected chi connectivity index (χ0v) is 53.6. The summed E-state index contributed by atoms with van der Waals surface area (Å²) in [4.78, 5) is 61.8. The van der Waals surface area contributed by atoms with Gasteiger partial charge in [0.2, 0.25) is 0 Å². The molecule has 474 valence electrons. The number of ether oxygens (including phenoxy) is 10. The van der Waals surface area contributed by atoms with Crippen molar-refractivity contribution in [3.8, 4) is 44.9 Å². The summed E-state index contributed by atoms with van der Waals surface area (Å²) < 4.78 is 60.2. The van der Waals surface area contributed by atoms with E-state index in [-0.39, 0.29) is 17.1 Å². The van der Waals surface area contributed by atoms with E-state index < -0.39 is 17.9 Å². The maximum Gasteiger partial charge on any atom is 0.368 e. The van der Waals surface area contributed by atoms with Crippen LogP contribution in [0.15, 0.2) is 78.9 Å². The molecule has 3 aromatic carbocycles. The average Bonchev–Trinajstić information content (AvgIpc) is 2.00. The van der Waals surface area contributed by atoms with Gasteiger partial charge in [-0.1, -0.05) is 18.2 Å². The first-order valence-corrected chi connectivity index (χ1v) is 30.0. The van der Waals surface area contributed by atoms with Gasteiger partial charge in [-0.2, -0.15) is 0 Å². The van der Waals surface area contributed by atoms with Gasteiger partial charge in [0.05, 0.1) is 97.4 Å². The number of aryl methyl sites for hydroxylation is 6. The fourth-order valence-electron chi connectivity index (χ4n) is 10.9. The molecule has 7 rings (SSSR count). The quantitative estimate of drug-likeness (QED) is 0.0138. The topological polar surface area (TPSA) is 201 Å². The second-order valence-corrected chi connectivity index (χ2v) is 21.8. The van der Waals surface area contributed by atoms with Gasteiger partial charge in [0.1, 0.15) is 41.8 Å². The van der Waals surface area contributed by atoms with Crippen molar-refractivity contribution in [1.29, 1.82) is 0 Å². The molecule has 3 aromatic heterocycles. The van der Waals surface area contributed by atoms with Crippen molar-refractivity contribution in [3.63, 3.8) is 0 Å². The Morgan fingerprint density at radius 1 is 0.398 bits per heavy atom. The number of thiol groups is 1. The van der Waals surface area contributed by atoms with Gasteiger partial charge in [-0.05, 0) is 169 Å². The molecule has 88 heavy (non-hydrogen) atoms. The van der Waals surface area contributed by atoms with E-state index in [2.05, 4.69) is 53.6 Å². The number of esters is 2. The van der Waals surface area contributed by atoms with Crippen LogP contribution in [0.2, 0.25) is 0 Å². The van der Waals surface area contributed by atoms with Crippen LogP contribution in [-0.2, 0) is 61.7 Å². The molecule has 1 aliphatic heterocycles. The van der Waals surface area contributed by atoms with Gasteiger partial charge in [-0.15, -0.1) is 0 Å². The number of hydrogen-bond donors (Lipinski definition) is 1. The highest BCUT2D eigenvalue weighted by atomic mass is 32.1. The van der Waals surface area contributed by atoms with Gasteiger partial charge in [0.15, 0.2) is 0 Å². The van der Waals surface area contributed by atoms with E-state index in [1.54, 1.807) is 32.4 Å². The Morgan fingerprint density at radius 3 is 1.00 bits per heavy atom. The molecule has 0 N–H and O–H groups in total. The number of hydrogen-bond acceptors (Lipinski definition) is 21. The third-order valence-electron chi connectivity index (χ3n) is 15.0. The summed E-state index contributed by atoms with van der Waals surface area (Å²) in [6.07, 6.45) is 0. The number of aromatic nitrogens is 3. The van der Waals surface area contributed by atoms with Crippen molar-refractivity contribution in [2.45, 2.75) is 61.2 Å². The normalized spacial score (nSPS) is 13.4. The molecule has 0 radical (unpaired) electrons. The molecule has 1 aliphatic rings. The third-order valence-corrected chi connectivity index (χ3v) is 15.2. The molecule has 6 aromatic rings. The van der Waals surface area contributed by atoms with Crippen molar-refractivity contribution in [1.82, 2.24) is 29.7 Å². The second kappa shape index (κ2) is 35.3. The van der Waals surface area contributed by atoms with E-state index in [4.69, 9.17) is 66.5 Å². The van der Waals surface area contributed by atoms with Crippen LogP contribution in [0.3, 0.4) is 0 Å². The molecule has 0 amide bonds. The van der Waals surface area contributed by atoms with Gasteiger partial charge in [0, 0.05) is 86.0 Å². The average molecular weight is 1230 g/mol. The minimum atomic E-state index is -0.652. The number of pyridine rings is 3. The van der Waals surface area contributed by atoms with Crippen LogP contribution in [0, 0.1) is 41.5 Å². The smallest absolute Gasteiger partial charge is 0.368 e. The molecule has 0 atom stereocenters. The first-order valence-electron chi connectivity index (χ1n) is 29.7. The standard InChI is InChI=1S/C67H86N6O14S/c1-45-12-11-13-46(2)62(45)51-36-56(70-61(41-51)67(76)87-88)44-73-18-16-71(42-54-37-52(39-59(68-54)65(74)79-9)63-47(3)32-57(33-48(63)4)85-30-28-83-26-24-81-22-20-77-7)14-15-72(17-19-73)43-55-38-53(40-60(69-55)66(75)80-10)64-49(5)34-58(35-50(64)6)86-31-29-84-27-25-82-23-21-78-8/h11-13,32-41,88H,14-31,42-44H2,1-10H3. The molecule has 1 saturated heterocycles.